The minimum atomic E-state index is -4.46. The fourth-order valence-electron chi connectivity index (χ4n) is 4.28. The van der Waals surface area contributed by atoms with Gasteiger partial charge in [-0.1, -0.05) is 0 Å². The van der Waals surface area contributed by atoms with Gasteiger partial charge in [-0.3, -0.25) is 10.1 Å². The van der Waals surface area contributed by atoms with Gasteiger partial charge in [-0.25, -0.2) is 13.4 Å². The van der Waals surface area contributed by atoms with Crippen molar-refractivity contribution < 1.29 is 26.5 Å². The van der Waals surface area contributed by atoms with Crippen LogP contribution in [0.5, 0.6) is 0 Å². The third-order valence-electron chi connectivity index (χ3n) is 6.08. The molecule has 1 aromatic heterocycles. The highest BCUT2D eigenvalue weighted by molar-refractivity contribution is 7.89. The topological polar surface area (TPSA) is 99.9 Å². The molecule has 0 unspecified atom stereocenters. The van der Waals surface area contributed by atoms with Crippen molar-refractivity contribution in [2.24, 2.45) is 0 Å². The number of halogens is 3. The van der Waals surface area contributed by atoms with E-state index in [0.717, 1.165) is 31.2 Å². The molecule has 9 nitrogen and oxygen atoms in total. The zero-order valence-corrected chi connectivity index (χ0v) is 19.1. The van der Waals surface area contributed by atoms with E-state index in [-0.39, 0.29) is 10.6 Å². The van der Waals surface area contributed by atoms with Crippen molar-refractivity contribution in [3.05, 3.63) is 52.2 Å². The quantitative estimate of drug-likeness (QED) is 0.459. The van der Waals surface area contributed by atoms with Crippen molar-refractivity contribution in [2.75, 3.05) is 49.1 Å². The van der Waals surface area contributed by atoms with Crippen molar-refractivity contribution in [1.82, 2.24) is 9.29 Å². The summed E-state index contributed by atoms with van der Waals surface area (Å²) in [6.45, 7) is 2.54. The summed E-state index contributed by atoms with van der Waals surface area (Å²) in [5, 5.41) is 11.8. The molecule has 0 N–H and O–H groups in total. The lowest BCUT2D eigenvalue weighted by molar-refractivity contribution is -0.384. The van der Waals surface area contributed by atoms with Gasteiger partial charge >= 0.3 is 6.18 Å². The molecule has 0 bridgehead atoms. The summed E-state index contributed by atoms with van der Waals surface area (Å²) in [7, 11) is -3.79. The highest BCUT2D eigenvalue weighted by Gasteiger charge is 2.32. The standard InChI is InChI=1S/C21H24F3N5O4S/c22-21(23,24)16-4-7-20(25-15-16)27-9-3-8-26(12-13-27)18-6-5-17(14-19(18)29(30)31)34(32,33)28-10-1-2-11-28/h4-7,14-15H,1-3,8-13H2. The number of nitro benzene ring substituents is 1. The highest BCUT2D eigenvalue weighted by Crippen LogP contribution is 2.34. The van der Waals surface area contributed by atoms with E-state index >= 15 is 0 Å². The third-order valence-corrected chi connectivity index (χ3v) is 7.98. The smallest absolute Gasteiger partial charge is 0.364 e. The summed E-state index contributed by atoms with van der Waals surface area (Å²) in [6.07, 6.45) is -1.56. The van der Waals surface area contributed by atoms with Gasteiger partial charge in [-0.05, 0) is 43.5 Å². The van der Waals surface area contributed by atoms with E-state index in [4.69, 9.17) is 0 Å². The first-order valence-electron chi connectivity index (χ1n) is 10.9. The number of sulfonamides is 1. The normalized spacial score (nSPS) is 18.2. The number of rotatable bonds is 5. The lowest BCUT2D eigenvalue weighted by Crippen LogP contribution is -2.31. The third kappa shape index (κ3) is 4.94. The van der Waals surface area contributed by atoms with Crippen LogP contribution in [0.1, 0.15) is 24.8 Å². The number of pyridine rings is 1. The summed E-state index contributed by atoms with van der Waals surface area (Å²) in [5.74, 6) is 0.399. The van der Waals surface area contributed by atoms with Crippen molar-refractivity contribution in [3.8, 4) is 0 Å². The molecule has 4 rings (SSSR count). The second-order valence-corrected chi connectivity index (χ2v) is 10.2. The van der Waals surface area contributed by atoms with Gasteiger partial charge in [-0.15, -0.1) is 0 Å². The van der Waals surface area contributed by atoms with Gasteiger partial charge in [0.05, 0.1) is 15.4 Å². The lowest BCUT2D eigenvalue weighted by Gasteiger charge is -2.24. The van der Waals surface area contributed by atoms with E-state index in [1.165, 1.54) is 22.5 Å². The average molecular weight is 500 g/mol. The predicted octanol–water partition coefficient (Wildman–Crippen LogP) is 3.51. The largest absolute Gasteiger partial charge is 0.417 e. The Kier molecular flexibility index (Phi) is 6.67. The molecule has 184 valence electrons. The first-order valence-corrected chi connectivity index (χ1v) is 12.3. The molecule has 0 saturated carbocycles. The Labute approximate surface area is 195 Å². The average Bonchev–Trinajstić information content (AvgIpc) is 3.24. The van der Waals surface area contributed by atoms with Crippen LogP contribution >= 0.6 is 0 Å². The molecule has 2 aliphatic rings. The number of aromatic nitrogens is 1. The van der Waals surface area contributed by atoms with Crippen LogP contribution in [-0.2, 0) is 16.2 Å². The molecule has 34 heavy (non-hydrogen) atoms. The maximum Gasteiger partial charge on any atom is 0.417 e. The maximum absolute atomic E-state index is 12.8. The van der Waals surface area contributed by atoms with Gasteiger partial charge < -0.3 is 9.80 Å². The van der Waals surface area contributed by atoms with Crippen LogP contribution in [0.2, 0.25) is 0 Å². The fraction of sp³-hybridized carbons (Fsp3) is 0.476. The number of benzene rings is 1. The summed E-state index contributed by atoms with van der Waals surface area (Å²) in [6, 6.07) is 6.28. The van der Waals surface area contributed by atoms with Crippen molar-refractivity contribution in [3.63, 3.8) is 0 Å². The monoisotopic (exact) mass is 499 g/mol. The van der Waals surface area contributed by atoms with E-state index in [1.54, 1.807) is 4.90 Å². The minimum absolute atomic E-state index is 0.102. The Bertz CT molecular complexity index is 1150. The molecular formula is C21H24F3N5O4S. The number of anilines is 2. The van der Waals surface area contributed by atoms with Gasteiger partial charge in [0.25, 0.3) is 5.69 Å². The Morgan fingerprint density at radius 1 is 0.912 bits per heavy atom. The zero-order valence-electron chi connectivity index (χ0n) is 18.2. The molecule has 2 aliphatic heterocycles. The van der Waals surface area contributed by atoms with E-state index < -0.39 is 26.7 Å². The summed E-state index contributed by atoms with van der Waals surface area (Å²) < 4.78 is 65.4. The fourth-order valence-corrected chi connectivity index (χ4v) is 5.82. The second-order valence-electron chi connectivity index (χ2n) is 8.25. The first kappa shape index (κ1) is 24.2. The molecule has 0 atom stereocenters. The van der Waals surface area contributed by atoms with Gasteiger partial charge in [0, 0.05) is 51.5 Å². The van der Waals surface area contributed by atoms with Crippen LogP contribution in [0, 0.1) is 10.1 Å². The van der Waals surface area contributed by atoms with Crippen LogP contribution in [0.25, 0.3) is 0 Å². The zero-order chi connectivity index (χ0) is 24.5. The molecule has 3 heterocycles. The molecule has 0 spiro atoms. The number of nitrogens with zero attached hydrogens (tertiary/aromatic N) is 5. The Hall–Kier alpha value is -2.93. The van der Waals surface area contributed by atoms with Crippen LogP contribution in [-0.4, -0.2) is 61.9 Å². The molecule has 0 radical (unpaired) electrons. The van der Waals surface area contributed by atoms with Crippen LogP contribution < -0.4 is 9.80 Å². The molecule has 0 aliphatic carbocycles. The Morgan fingerprint density at radius 3 is 2.21 bits per heavy atom. The van der Waals surface area contributed by atoms with E-state index in [1.807, 2.05) is 4.90 Å². The van der Waals surface area contributed by atoms with Crippen LogP contribution in [0.3, 0.4) is 0 Å². The number of hydrogen-bond donors (Lipinski definition) is 0. The van der Waals surface area contributed by atoms with Gasteiger partial charge in [0.2, 0.25) is 10.0 Å². The SMILES string of the molecule is O=[N+]([O-])c1cc(S(=O)(=O)N2CCCC2)ccc1N1CCCN(c2ccc(C(F)(F)F)cn2)CC1. The molecule has 0 amide bonds. The first-order chi connectivity index (χ1) is 16.1. The van der Waals surface area contributed by atoms with E-state index in [0.29, 0.717) is 57.2 Å². The molecule has 2 fully saturated rings. The number of alkyl halides is 3. The Balaban J connectivity index is 1.53. The molecule has 2 aromatic rings. The highest BCUT2D eigenvalue weighted by atomic mass is 32.2. The maximum atomic E-state index is 12.8. The molecule has 2 saturated heterocycles. The van der Waals surface area contributed by atoms with Gasteiger partial charge in [0.1, 0.15) is 11.5 Å². The summed E-state index contributed by atoms with van der Waals surface area (Å²) >= 11 is 0. The minimum Gasteiger partial charge on any atom is -0.364 e. The predicted molar refractivity (Wildman–Crippen MR) is 119 cm³/mol. The van der Waals surface area contributed by atoms with Crippen LogP contribution in [0.15, 0.2) is 41.4 Å². The number of hydrogen-bond acceptors (Lipinski definition) is 7. The van der Waals surface area contributed by atoms with Crippen molar-refractivity contribution >= 4 is 27.2 Å². The van der Waals surface area contributed by atoms with Gasteiger partial charge in [0.15, 0.2) is 0 Å². The molecule has 13 heteroatoms. The second kappa shape index (κ2) is 9.37. The summed E-state index contributed by atoms with van der Waals surface area (Å²) in [4.78, 5) is 18.7. The van der Waals surface area contributed by atoms with E-state index in [2.05, 4.69) is 4.98 Å². The molecular weight excluding hydrogens is 475 g/mol. The summed E-state index contributed by atoms with van der Waals surface area (Å²) in [5.41, 5.74) is -0.804. The number of nitro groups is 1. The molecule has 1 aromatic carbocycles. The lowest BCUT2D eigenvalue weighted by atomic mass is 10.2. The van der Waals surface area contributed by atoms with Crippen molar-refractivity contribution in [2.45, 2.75) is 30.3 Å². The Morgan fingerprint density at radius 2 is 1.59 bits per heavy atom. The van der Waals surface area contributed by atoms with Gasteiger partial charge in [-0.2, -0.15) is 17.5 Å². The van der Waals surface area contributed by atoms with Crippen molar-refractivity contribution in [1.29, 1.82) is 0 Å². The van der Waals surface area contributed by atoms with E-state index in [9.17, 15) is 31.7 Å². The van der Waals surface area contributed by atoms with Crippen LogP contribution in [0.4, 0.5) is 30.4 Å².